The van der Waals surface area contributed by atoms with Gasteiger partial charge in [0.25, 0.3) is 5.91 Å². The van der Waals surface area contributed by atoms with Crippen molar-refractivity contribution in [3.63, 3.8) is 0 Å². The van der Waals surface area contributed by atoms with Crippen LogP contribution in [0.25, 0.3) is 11.0 Å². The van der Waals surface area contributed by atoms with Crippen LogP contribution in [-0.2, 0) is 6.54 Å². The molecular formula is C29H20ClNO5. The molecule has 7 heteroatoms. The van der Waals surface area contributed by atoms with Crippen molar-refractivity contribution in [1.29, 1.82) is 0 Å². The zero-order chi connectivity index (χ0) is 24.8. The predicted molar refractivity (Wildman–Crippen MR) is 136 cm³/mol. The second-order valence-electron chi connectivity index (χ2n) is 8.67. The largest absolute Gasteiger partial charge is 0.467 e. The maximum absolute atomic E-state index is 13.8. The second-order valence-corrected chi connectivity index (χ2v) is 9.08. The van der Waals surface area contributed by atoms with Crippen molar-refractivity contribution in [1.82, 2.24) is 4.90 Å². The van der Waals surface area contributed by atoms with Gasteiger partial charge in [0.2, 0.25) is 5.76 Å². The van der Waals surface area contributed by atoms with Gasteiger partial charge in [0, 0.05) is 5.02 Å². The van der Waals surface area contributed by atoms with Crippen molar-refractivity contribution in [2.75, 3.05) is 0 Å². The summed E-state index contributed by atoms with van der Waals surface area (Å²) >= 11 is 6.33. The normalized spacial score (nSPS) is 14.9. The van der Waals surface area contributed by atoms with Gasteiger partial charge >= 0.3 is 0 Å². The van der Waals surface area contributed by atoms with Crippen LogP contribution in [0.15, 0.2) is 98.8 Å². The van der Waals surface area contributed by atoms with E-state index in [1.165, 1.54) is 0 Å². The van der Waals surface area contributed by atoms with E-state index in [2.05, 4.69) is 0 Å². The maximum atomic E-state index is 13.8. The summed E-state index contributed by atoms with van der Waals surface area (Å²) in [5.41, 5.74) is 1.78. The molecule has 0 spiro atoms. The summed E-state index contributed by atoms with van der Waals surface area (Å²) in [7, 11) is 0. The Bertz CT molecular complexity index is 1660. The number of rotatable bonds is 5. The second kappa shape index (κ2) is 8.73. The number of para-hydroxylation sites is 1. The molecule has 3 aromatic carbocycles. The number of amides is 1. The van der Waals surface area contributed by atoms with Crippen molar-refractivity contribution >= 4 is 28.5 Å². The average molecular weight is 498 g/mol. The third kappa shape index (κ3) is 3.76. The molecule has 36 heavy (non-hydrogen) atoms. The molecule has 1 aliphatic heterocycles. The van der Waals surface area contributed by atoms with E-state index < -0.39 is 6.04 Å². The van der Waals surface area contributed by atoms with Gasteiger partial charge in [-0.15, -0.1) is 0 Å². The SMILES string of the molecule is Cc1cc2oc3c(c(=O)c2cc1Cl)C(c1cccc(Oc2ccccc2)c1)N(Cc1ccco1)C3=O. The number of fused-ring (bicyclic) bond motifs is 2. The number of carbonyl (C=O) groups excluding carboxylic acids is 1. The van der Waals surface area contributed by atoms with E-state index in [0.717, 1.165) is 5.56 Å². The quantitative estimate of drug-likeness (QED) is 0.264. The molecule has 5 aromatic rings. The summed E-state index contributed by atoms with van der Waals surface area (Å²) in [5, 5.41) is 0.792. The molecule has 0 aliphatic carbocycles. The Kier molecular flexibility index (Phi) is 5.38. The van der Waals surface area contributed by atoms with Gasteiger partial charge in [0.05, 0.1) is 29.8 Å². The Labute approximate surface area is 211 Å². The van der Waals surface area contributed by atoms with E-state index in [1.54, 1.807) is 35.4 Å². The first-order valence-corrected chi connectivity index (χ1v) is 11.8. The fraction of sp³-hybridized carbons (Fsp3) is 0.103. The zero-order valence-electron chi connectivity index (χ0n) is 19.2. The number of hydrogen-bond acceptors (Lipinski definition) is 5. The van der Waals surface area contributed by atoms with Crippen LogP contribution in [0.1, 0.15) is 39.0 Å². The zero-order valence-corrected chi connectivity index (χ0v) is 20.0. The lowest BCUT2D eigenvalue weighted by molar-refractivity contribution is 0.0701. The summed E-state index contributed by atoms with van der Waals surface area (Å²) in [6, 6.07) is 22.9. The molecule has 6 nitrogen and oxygen atoms in total. The van der Waals surface area contributed by atoms with E-state index >= 15 is 0 Å². The maximum Gasteiger partial charge on any atom is 0.291 e. The van der Waals surface area contributed by atoms with Crippen LogP contribution < -0.4 is 10.2 Å². The number of hydrogen-bond donors (Lipinski definition) is 0. The van der Waals surface area contributed by atoms with Gasteiger partial charge in [-0.1, -0.05) is 41.9 Å². The number of halogens is 1. The molecule has 0 N–H and O–H groups in total. The van der Waals surface area contributed by atoms with Gasteiger partial charge in [0.15, 0.2) is 5.43 Å². The molecule has 2 aromatic heterocycles. The third-order valence-electron chi connectivity index (χ3n) is 6.31. The third-order valence-corrected chi connectivity index (χ3v) is 6.71. The molecule has 178 valence electrons. The minimum Gasteiger partial charge on any atom is -0.467 e. The summed E-state index contributed by atoms with van der Waals surface area (Å²) < 4.78 is 17.6. The van der Waals surface area contributed by atoms with Crippen molar-refractivity contribution in [3.05, 3.63) is 129 Å². The van der Waals surface area contributed by atoms with Crippen LogP contribution in [0.3, 0.4) is 0 Å². The molecule has 1 amide bonds. The van der Waals surface area contributed by atoms with E-state index in [0.29, 0.717) is 38.8 Å². The molecule has 0 radical (unpaired) electrons. The number of carbonyl (C=O) groups is 1. The minimum atomic E-state index is -0.697. The van der Waals surface area contributed by atoms with Crippen LogP contribution in [0.5, 0.6) is 11.5 Å². The average Bonchev–Trinajstić information content (AvgIpc) is 3.49. The van der Waals surface area contributed by atoms with Crippen LogP contribution in [-0.4, -0.2) is 10.8 Å². The van der Waals surface area contributed by atoms with Crippen molar-refractivity contribution in [3.8, 4) is 11.5 Å². The van der Waals surface area contributed by atoms with Gasteiger partial charge in [-0.05, 0) is 66.6 Å². The number of ether oxygens (including phenoxy) is 1. The van der Waals surface area contributed by atoms with E-state index in [1.807, 2.05) is 61.5 Å². The first-order chi connectivity index (χ1) is 17.5. The highest BCUT2D eigenvalue weighted by Gasteiger charge is 2.43. The molecule has 1 aliphatic rings. The minimum absolute atomic E-state index is 0.0279. The van der Waals surface area contributed by atoms with Gasteiger partial charge < -0.3 is 18.5 Å². The van der Waals surface area contributed by atoms with Crippen LogP contribution in [0.4, 0.5) is 0 Å². The molecule has 3 heterocycles. The number of aryl methyl sites for hydroxylation is 1. The lowest BCUT2D eigenvalue weighted by Gasteiger charge is -2.24. The first-order valence-electron chi connectivity index (χ1n) is 11.4. The Morgan fingerprint density at radius 2 is 1.75 bits per heavy atom. The summed E-state index contributed by atoms with van der Waals surface area (Å²) in [6.07, 6.45) is 1.55. The summed E-state index contributed by atoms with van der Waals surface area (Å²) in [6.45, 7) is 1.99. The fourth-order valence-electron chi connectivity index (χ4n) is 4.59. The molecule has 0 fully saturated rings. The van der Waals surface area contributed by atoms with Crippen LogP contribution in [0.2, 0.25) is 5.02 Å². The molecule has 1 atom stereocenters. The number of nitrogens with zero attached hydrogens (tertiary/aromatic N) is 1. The Balaban J connectivity index is 1.52. The van der Waals surface area contributed by atoms with Crippen molar-refractivity contribution in [2.24, 2.45) is 0 Å². The van der Waals surface area contributed by atoms with Crippen molar-refractivity contribution in [2.45, 2.75) is 19.5 Å². The Morgan fingerprint density at radius 1 is 0.944 bits per heavy atom. The van der Waals surface area contributed by atoms with E-state index in [9.17, 15) is 9.59 Å². The van der Waals surface area contributed by atoms with Crippen LogP contribution in [0, 0.1) is 6.92 Å². The van der Waals surface area contributed by atoms with Gasteiger partial charge in [-0.3, -0.25) is 9.59 Å². The van der Waals surface area contributed by atoms with E-state index in [4.69, 9.17) is 25.2 Å². The highest BCUT2D eigenvalue weighted by atomic mass is 35.5. The van der Waals surface area contributed by atoms with Crippen LogP contribution >= 0.6 is 11.6 Å². The lowest BCUT2D eigenvalue weighted by atomic mass is 9.98. The smallest absolute Gasteiger partial charge is 0.291 e. The van der Waals surface area contributed by atoms with Gasteiger partial charge in [-0.25, -0.2) is 0 Å². The number of benzene rings is 3. The monoisotopic (exact) mass is 497 g/mol. The van der Waals surface area contributed by atoms with E-state index in [-0.39, 0.29) is 29.2 Å². The highest BCUT2D eigenvalue weighted by molar-refractivity contribution is 6.32. The summed E-state index contributed by atoms with van der Waals surface area (Å²) in [5.74, 6) is 1.50. The lowest BCUT2D eigenvalue weighted by Crippen LogP contribution is -2.29. The summed E-state index contributed by atoms with van der Waals surface area (Å²) in [4.78, 5) is 29.0. The predicted octanol–water partition coefficient (Wildman–Crippen LogP) is 6.89. The molecule has 0 saturated heterocycles. The highest BCUT2D eigenvalue weighted by Crippen LogP contribution is 2.40. The Morgan fingerprint density at radius 3 is 2.53 bits per heavy atom. The number of furan rings is 1. The standard InChI is InChI=1S/C29H20ClNO5/c1-17-13-24-22(15-23(17)30)27(32)25-26(31(29(33)28(25)36-24)16-21-11-6-12-34-21)18-7-5-10-20(14-18)35-19-8-3-2-4-9-19/h2-15,26H,16H2,1H3. The van der Waals surface area contributed by atoms with Gasteiger partial charge in [0.1, 0.15) is 22.8 Å². The fourth-order valence-corrected chi connectivity index (χ4v) is 4.76. The Hall–Kier alpha value is -4.29. The topological polar surface area (TPSA) is 72.9 Å². The molecule has 1 unspecified atom stereocenters. The first kappa shape index (κ1) is 22.2. The molecule has 6 rings (SSSR count). The molecular weight excluding hydrogens is 478 g/mol. The van der Waals surface area contributed by atoms with Crippen molar-refractivity contribution < 1.29 is 18.4 Å². The molecule has 0 bridgehead atoms. The van der Waals surface area contributed by atoms with Gasteiger partial charge in [-0.2, -0.15) is 0 Å². The molecule has 0 saturated carbocycles.